The fourth-order valence-corrected chi connectivity index (χ4v) is 6.98. The largest absolute Gasteiger partial charge is 0.497 e. The molecule has 0 radical (unpaired) electrons. The number of carbonyl (C=O) groups is 3. The average molecular weight is 544 g/mol. The zero-order valence-electron chi connectivity index (χ0n) is 23.3. The highest BCUT2D eigenvalue weighted by molar-refractivity contribution is 6.02. The van der Waals surface area contributed by atoms with Gasteiger partial charge in [0.2, 0.25) is 17.7 Å². The summed E-state index contributed by atoms with van der Waals surface area (Å²) in [7, 11) is 1.60. The van der Waals surface area contributed by atoms with Crippen molar-refractivity contribution in [3.05, 3.63) is 71.3 Å². The fourth-order valence-electron chi connectivity index (χ4n) is 6.98. The molecule has 8 nitrogen and oxygen atoms in total. The maximum atomic E-state index is 14.2. The topological polar surface area (TPSA) is 97.0 Å². The lowest BCUT2D eigenvalue weighted by Crippen LogP contribution is -2.56. The first-order valence-electron chi connectivity index (χ1n) is 14.3. The van der Waals surface area contributed by atoms with Gasteiger partial charge in [0.1, 0.15) is 17.4 Å². The van der Waals surface area contributed by atoms with Crippen molar-refractivity contribution in [2.24, 2.45) is 11.8 Å². The molecule has 3 amide bonds. The van der Waals surface area contributed by atoms with Gasteiger partial charge < -0.3 is 25.0 Å². The summed E-state index contributed by atoms with van der Waals surface area (Å²) < 4.78 is 11.9. The van der Waals surface area contributed by atoms with Gasteiger partial charge in [0.25, 0.3) is 0 Å². The predicted octanol–water partition coefficient (Wildman–Crippen LogP) is 4.05. The van der Waals surface area contributed by atoms with Gasteiger partial charge in [0.05, 0.1) is 25.0 Å². The Bertz CT molecular complexity index is 1370. The molecular weight excluding hydrogens is 506 g/mol. The van der Waals surface area contributed by atoms with Gasteiger partial charge in [-0.3, -0.25) is 14.4 Å². The molecule has 5 atom stereocenters. The molecule has 1 aliphatic carbocycles. The zero-order valence-corrected chi connectivity index (χ0v) is 23.3. The van der Waals surface area contributed by atoms with Crippen LogP contribution in [0, 0.1) is 25.7 Å². The molecule has 2 aromatic carbocycles. The van der Waals surface area contributed by atoms with Crippen LogP contribution in [0.25, 0.3) is 0 Å². The minimum atomic E-state index is -1.19. The molecule has 40 heavy (non-hydrogen) atoms. The second-order valence-corrected chi connectivity index (χ2v) is 11.7. The van der Waals surface area contributed by atoms with Crippen molar-refractivity contribution >= 4 is 23.4 Å². The van der Waals surface area contributed by atoms with Crippen molar-refractivity contribution in [2.45, 2.75) is 76.3 Å². The van der Waals surface area contributed by atoms with Gasteiger partial charge >= 0.3 is 0 Å². The molecule has 1 saturated carbocycles. The number of aryl methyl sites for hydroxylation is 2. The van der Waals surface area contributed by atoms with E-state index < -0.39 is 29.6 Å². The number of fused-ring (bicyclic) bond motifs is 1. The van der Waals surface area contributed by atoms with Crippen LogP contribution in [0.15, 0.2) is 54.6 Å². The predicted molar refractivity (Wildman–Crippen MR) is 151 cm³/mol. The van der Waals surface area contributed by atoms with E-state index in [0.29, 0.717) is 11.4 Å². The molecule has 6 rings (SSSR count). The van der Waals surface area contributed by atoms with Crippen LogP contribution in [-0.2, 0) is 25.7 Å². The van der Waals surface area contributed by atoms with E-state index in [4.69, 9.17) is 9.47 Å². The number of nitrogens with zero attached hydrogens (tertiary/aromatic N) is 1. The van der Waals surface area contributed by atoms with Crippen LogP contribution < -0.4 is 15.4 Å². The second kappa shape index (κ2) is 10.4. The highest BCUT2D eigenvalue weighted by Crippen LogP contribution is 2.55. The summed E-state index contributed by atoms with van der Waals surface area (Å²) in [6, 6.07) is 12.5. The van der Waals surface area contributed by atoms with Crippen LogP contribution in [0.3, 0.4) is 0 Å². The number of carbonyl (C=O) groups excluding carboxylic acids is 3. The Morgan fingerprint density at radius 3 is 2.60 bits per heavy atom. The Labute approximate surface area is 235 Å². The summed E-state index contributed by atoms with van der Waals surface area (Å²) in [5.41, 5.74) is 2.53. The normalized spacial score (nSPS) is 29.0. The van der Waals surface area contributed by atoms with Crippen LogP contribution >= 0.6 is 0 Å². The average Bonchev–Trinajstić information content (AvgIpc) is 3.59. The first-order valence-corrected chi connectivity index (χ1v) is 14.3. The summed E-state index contributed by atoms with van der Waals surface area (Å²) in [6.07, 6.45) is 8.33. The first kappa shape index (κ1) is 26.6. The molecule has 210 valence electrons. The molecule has 3 fully saturated rings. The number of nitrogens with one attached hydrogen (secondary N) is 2. The number of ether oxygens (including phenoxy) is 2. The molecule has 2 aromatic rings. The minimum absolute atomic E-state index is 0.0805. The maximum Gasteiger partial charge on any atom is 0.246 e. The summed E-state index contributed by atoms with van der Waals surface area (Å²) in [5.74, 6) is -1.58. The number of likely N-dealkylation sites (tertiary alicyclic amines) is 1. The van der Waals surface area contributed by atoms with Crippen molar-refractivity contribution < 1.29 is 23.9 Å². The van der Waals surface area contributed by atoms with Crippen LogP contribution in [-0.4, -0.2) is 53.5 Å². The third-order valence-corrected chi connectivity index (χ3v) is 9.14. The molecule has 4 aliphatic rings. The quantitative estimate of drug-likeness (QED) is 0.514. The van der Waals surface area contributed by atoms with Gasteiger partial charge in [0.15, 0.2) is 0 Å². The number of methoxy groups -OCH3 is 1. The van der Waals surface area contributed by atoms with E-state index in [9.17, 15) is 14.4 Å². The Balaban J connectivity index is 1.32. The number of anilines is 1. The second-order valence-electron chi connectivity index (χ2n) is 11.7. The third-order valence-electron chi connectivity index (χ3n) is 9.14. The van der Waals surface area contributed by atoms with Gasteiger partial charge in [-0.2, -0.15) is 0 Å². The molecule has 2 bridgehead atoms. The Hall–Kier alpha value is -3.65. The SMILES string of the molecule is COc1cccc(CN2C(=O)[C@H]3[C@H](C(=O)Nc4ccc(C)c(C)c4)[C@H]4C=C[C@@]3(O4)[C@H]2C(=O)NC2CCCCC2)c1. The number of rotatable bonds is 7. The molecule has 2 saturated heterocycles. The van der Waals surface area contributed by atoms with Gasteiger partial charge in [-0.05, 0) is 67.6 Å². The van der Waals surface area contributed by atoms with Crippen LogP contribution in [0.5, 0.6) is 5.75 Å². The fraction of sp³-hybridized carbons (Fsp3) is 0.469. The van der Waals surface area contributed by atoms with E-state index in [1.165, 1.54) is 6.42 Å². The van der Waals surface area contributed by atoms with E-state index in [1.807, 2.05) is 68.5 Å². The molecule has 8 heteroatoms. The molecule has 2 N–H and O–H groups in total. The molecule has 1 spiro atoms. The maximum absolute atomic E-state index is 14.2. The highest BCUT2D eigenvalue weighted by Gasteiger charge is 2.72. The lowest BCUT2D eigenvalue weighted by molar-refractivity contribution is -0.142. The van der Waals surface area contributed by atoms with Gasteiger partial charge in [-0.25, -0.2) is 0 Å². The van der Waals surface area contributed by atoms with Crippen LogP contribution in [0.2, 0.25) is 0 Å². The lowest BCUT2D eigenvalue weighted by Gasteiger charge is -2.34. The van der Waals surface area contributed by atoms with E-state index in [2.05, 4.69) is 10.6 Å². The number of hydrogen-bond acceptors (Lipinski definition) is 5. The molecule has 0 aromatic heterocycles. The summed E-state index contributed by atoms with van der Waals surface area (Å²) >= 11 is 0. The van der Waals surface area contributed by atoms with Gasteiger partial charge in [0, 0.05) is 18.3 Å². The number of benzene rings is 2. The van der Waals surface area contributed by atoms with Crippen molar-refractivity contribution in [1.29, 1.82) is 0 Å². The number of hydrogen-bond donors (Lipinski definition) is 2. The zero-order chi connectivity index (χ0) is 28.0. The third kappa shape index (κ3) is 4.48. The Kier molecular flexibility index (Phi) is 6.90. The van der Waals surface area contributed by atoms with E-state index >= 15 is 0 Å². The molecular formula is C32H37N3O5. The minimum Gasteiger partial charge on any atom is -0.497 e. The van der Waals surface area contributed by atoms with Crippen LogP contribution in [0.4, 0.5) is 5.69 Å². The Morgan fingerprint density at radius 1 is 1.05 bits per heavy atom. The lowest BCUT2D eigenvalue weighted by atomic mass is 9.74. The van der Waals surface area contributed by atoms with Crippen molar-refractivity contribution in [3.8, 4) is 5.75 Å². The monoisotopic (exact) mass is 543 g/mol. The summed E-state index contributed by atoms with van der Waals surface area (Å²) in [6.45, 7) is 4.23. The smallest absolute Gasteiger partial charge is 0.246 e. The number of amides is 3. The Morgan fingerprint density at radius 2 is 1.85 bits per heavy atom. The first-order chi connectivity index (χ1) is 19.3. The summed E-state index contributed by atoms with van der Waals surface area (Å²) in [5, 5.41) is 6.25. The van der Waals surface area contributed by atoms with E-state index in [1.54, 1.807) is 12.0 Å². The van der Waals surface area contributed by atoms with Crippen LogP contribution in [0.1, 0.15) is 48.8 Å². The molecule has 3 heterocycles. The van der Waals surface area contributed by atoms with E-state index in [-0.39, 0.29) is 30.3 Å². The van der Waals surface area contributed by atoms with Crippen molar-refractivity contribution in [2.75, 3.05) is 12.4 Å². The van der Waals surface area contributed by atoms with Crippen molar-refractivity contribution in [1.82, 2.24) is 10.2 Å². The van der Waals surface area contributed by atoms with Gasteiger partial charge in [-0.1, -0.05) is 49.6 Å². The highest BCUT2D eigenvalue weighted by atomic mass is 16.5. The van der Waals surface area contributed by atoms with Gasteiger partial charge in [-0.15, -0.1) is 0 Å². The van der Waals surface area contributed by atoms with Crippen molar-refractivity contribution in [3.63, 3.8) is 0 Å². The standard InChI is InChI=1S/C32H37N3O5/c1-19-12-13-23(16-20(19)2)34-29(36)26-25-14-15-32(40-25)27(26)31(38)35(18-21-8-7-11-24(17-21)39-3)28(32)30(37)33-22-9-5-4-6-10-22/h7-8,11-17,22,25-28H,4-6,9-10,18H2,1-3H3,(H,33,37)(H,34,36)/t25-,26-,27-,28-,32+/m1/s1. The molecule has 0 unspecified atom stereocenters. The van der Waals surface area contributed by atoms with E-state index in [0.717, 1.165) is 42.4 Å². The molecule has 3 aliphatic heterocycles. The summed E-state index contributed by atoms with van der Waals surface area (Å²) in [4.78, 5) is 43.6.